The number of hydrogen-bond donors (Lipinski definition) is 0. The predicted molar refractivity (Wildman–Crippen MR) is 157 cm³/mol. The highest BCUT2D eigenvalue weighted by Gasteiger charge is 2.41. The summed E-state index contributed by atoms with van der Waals surface area (Å²) in [6, 6.07) is 16.8. The van der Waals surface area contributed by atoms with Crippen LogP contribution in [0, 0.1) is 40.5 Å². The quantitative estimate of drug-likeness (QED) is 0.140. The molecule has 5 rings (SSSR count). The monoisotopic (exact) mass is 605 g/mol. The summed E-state index contributed by atoms with van der Waals surface area (Å²) >= 11 is 0. The highest BCUT2D eigenvalue weighted by Crippen LogP contribution is 2.41. The zero-order valence-corrected chi connectivity index (χ0v) is 23.7. The molecule has 0 aromatic heterocycles. The van der Waals surface area contributed by atoms with Crippen molar-refractivity contribution in [2.24, 2.45) is 5.92 Å². The first-order valence-corrected chi connectivity index (χ1v) is 14.4. The molecule has 44 heavy (non-hydrogen) atoms. The summed E-state index contributed by atoms with van der Waals surface area (Å²) in [6.45, 7) is 3.74. The fourth-order valence-electron chi connectivity index (χ4n) is 5.86. The number of alkyl halides is 2. The van der Waals surface area contributed by atoms with E-state index in [1.807, 2.05) is 6.08 Å². The SMILES string of the molecule is C=CCCC1CCC(c2cc(F)c(C(F)(F)Oc3ccc(-c4ccc(-c5ccc(C#N)c(F)c5)c(F)c4)cc3)c(F)c2)CC1. The number of nitrogens with zero attached hydrogens (tertiary/aromatic N) is 1. The number of ether oxygens (including phenoxy) is 1. The third kappa shape index (κ3) is 6.67. The van der Waals surface area contributed by atoms with Crippen LogP contribution < -0.4 is 4.74 Å². The molecule has 1 aliphatic rings. The molecule has 4 aromatic carbocycles. The molecule has 0 radical (unpaired) electrons. The van der Waals surface area contributed by atoms with Gasteiger partial charge in [-0.15, -0.1) is 6.58 Å². The molecule has 2 nitrogen and oxygen atoms in total. The lowest BCUT2D eigenvalue weighted by Crippen LogP contribution is -2.25. The van der Waals surface area contributed by atoms with Gasteiger partial charge in [0.15, 0.2) is 0 Å². The maximum absolute atomic E-state index is 15.1. The van der Waals surface area contributed by atoms with Crippen LogP contribution in [0.1, 0.15) is 61.1 Å². The van der Waals surface area contributed by atoms with Crippen molar-refractivity contribution in [3.63, 3.8) is 0 Å². The van der Waals surface area contributed by atoms with Crippen LogP contribution >= 0.6 is 0 Å². The molecule has 0 aliphatic heterocycles. The van der Waals surface area contributed by atoms with Gasteiger partial charge >= 0.3 is 6.11 Å². The number of halogens is 6. The highest BCUT2D eigenvalue weighted by atomic mass is 19.3. The molecule has 1 fully saturated rings. The van der Waals surface area contributed by atoms with Gasteiger partial charge in [0.05, 0.1) is 5.56 Å². The largest absolute Gasteiger partial charge is 0.432 e. The summed E-state index contributed by atoms with van der Waals surface area (Å²) in [5.74, 6) is -4.08. The topological polar surface area (TPSA) is 33.0 Å². The average molecular weight is 606 g/mol. The highest BCUT2D eigenvalue weighted by molar-refractivity contribution is 5.71. The van der Waals surface area contributed by atoms with E-state index in [9.17, 15) is 17.6 Å². The second-order valence-electron chi connectivity index (χ2n) is 11.1. The molecule has 0 atom stereocenters. The molecule has 1 saturated carbocycles. The van der Waals surface area contributed by atoms with Crippen molar-refractivity contribution < 1.29 is 31.1 Å². The summed E-state index contributed by atoms with van der Waals surface area (Å²) in [4.78, 5) is 0. The van der Waals surface area contributed by atoms with Gasteiger partial charge in [0.25, 0.3) is 0 Å². The lowest BCUT2D eigenvalue weighted by Gasteiger charge is -2.29. The summed E-state index contributed by atoms with van der Waals surface area (Å²) < 4.78 is 93.7. The van der Waals surface area contributed by atoms with E-state index >= 15 is 8.78 Å². The second-order valence-corrected chi connectivity index (χ2v) is 11.1. The van der Waals surface area contributed by atoms with Crippen LogP contribution in [0.2, 0.25) is 0 Å². The van der Waals surface area contributed by atoms with Crippen molar-refractivity contribution in [3.8, 4) is 34.1 Å². The first kappa shape index (κ1) is 30.9. The van der Waals surface area contributed by atoms with E-state index in [0.717, 1.165) is 56.7 Å². The summed E-state index contributed by atoms with van der Waals surface area (Å²) in [5, 5.41) is 8.89. The number of hydrogen-bond acceptors (Lipinski definition) is 2. The van der Waals surface area contributed by atoms with Crippen LogP contribution in [-0.4, -0.2) is 0 Å². The van der Waals surface area contributed by atoms with E-state index in [1.165, 1.54) is 48.5 Å². The molecule has 0 unspecified atom stereocenters. The zero-order valence-electron chi connectivity index (χ0n) is 23.7. The molecule has 1 aliphatic carbocycles. The minimum atomic E-state index is -4.29. The molecule has 0 amide bonds. The summed E-state index contributed by atoms with van der Waals surface area (Å²) in [6.07, 6.45) is 2.81. The Bertz CT molecular complexity index is 1680. The first-order valence-electron chi connectivity index (χ1n) is 14.4. The van der Waals surface area contributed by atoms with Crippen molar-refractivity contribution in [3.05, 3.63) is 125 Å². The van der Waals surface area contributed by atoms with E-state index in [0.29, 0.717) is 22.6 Å². The third-order valence-electron chi connectivity index (χ3n) is 8.26. The molecule has 0 heterocycles. The van der Waals surface area contributed by atoms with Gasteiger partial charge in [0.1, 0.15) is 40.7 Å². The van der Waals surface area contributed by atoms with E-state index in [1.54, 1.807) is 12.1 Å². The molecule has 0 N–H and O–H groups in total. The number of rotatable bonds is 9. The third-order valence-corrected chi connectivity index (χ3v) is 8.26. The van der Waals surface area contributed by atoms with Gasteiger partial charge in [0.2, 0.25) is 0 Å². The Morgan fingerprint density at radius 1 is 0.773 bits per heavy atom. The van der Waals surface area contributed by atoms with Gasteiger partial charge in [-0.05, 0) is 115 Å². The van der Waals surface area contributed by atoms with Crippen LogP contribution in [0.3, 0.4) is 0 Å². The fraction of sp³-hybridized carbons (Fsp3) is 0.250. The Morgan fingerprint density at radius 2 is 1.39 bits per heavy atom. The van der Waals surface area contributed by atoms with Crippen LogP contribution in [0.4, 0.5) is 26.3 Å². The molecule has 0 spiro atoms. The number of nitriles is 1. The minimum absolute atomic E-state index is 0.0979. The smallest absolute Gasteiger partial charge is 0.429 e. The van der Waals surface area contributed by atoms with Gasteiger partial charge in [-0.1, -0.05) is 36.4 Å². The van der Waals surface area contributed by atoms with E-state index in [4.69, 9.17) is 10.00 Å². The Hall–Kier alpha value is -4.51. The van der Waals surface area contributed by atoms with Gasteiger partial charge in [-0.25, -0.2) is 17.6 Å². The molecular formula is C36H29F6NO. The molecule has 0 saturated heterocycles. The lowest BCUT2D eigenvalue weighted by atomic mass is 9.77. The van der Waals surface area contributed by atoms with Crippen molar-refractivity contribution in [1.29, 1.82) is 5.26 Å². The van der Waals surface area contributed by atoms with Gasteiger partial charge < -0.3 is 4.74 Å². The van der Waals surface area contributed by atoms with Crippen molar-refractivity contribution in [2.45, 2.75) is 50.6 Å². The van der Waals surface area contributed by atoms with Gasteiger partial charge in [-0.3, -0.25) is 0 Å². The Morgan fingerprint density at radius 3 is 1.98 bits per heavy atom. The van der Waals surface area contributed by atoms with Gasteiger partial charge in [-0.2, -0.15) is 14.0 Å². The normalized spacial score (nSPS) is 16.8. The van der Waals surface area contributed by atoms with E-state index < -0.39 is 34.9 Å². The van der Waals surface area contributed by atoms with E-state index in [2.05, 4.69) is 6.58 Å². The van der Waals surface area contributed by atoms with Crippen LogP contribution in [0.15, 0.2) is 85.5 Å². The number of allylic oxidation sites excluding steroid dienone is 1. The standard InChI is InChI=1S/C36H29F6NO/c1-2-3-4-22-5-7-24(8-6-22)28-19-33(39)35(34(40)20-28)36(41,42)44-29-14-11-23(12-15-29)25-13-16-30(32(38)17-25)26-9-10-27(21-43)31(37)18-26/h2,9-20,22,24H,1,3-8H2. The summed E-state index contributed by atoms with van der Waals surface area (Å²) in [7, 11) is 0. The number of benzene rings is 4. The molecule has 4 aromatic rings. The predicted octanol–water partition coefficient (Wildman–Crippen LogP) is 10.8. The molecule has 226 valence electrons. The van der Waals surface area contributed by atoms with Crippen LogP contribution in [0.25, 0.3) is 22.3 Å². The maximum atomic E-state index is 15.1. The molecular weight excluding hydrogens is 576 g/mol. The fourth-order valence-corrected chi connectivity index (χ4v) is 5.86. The lowest BCUT2D eigenvalue weighted by molar-refractivity contribution is -0.189. The maximum Gasteiger partial charge on any atom is 0.432 e. The van der Waals surface area contributed by atoms with E-state index in [-0.39, 0.29) is 28.4 Å². The van der Waals surface area contributed by atoms with Crippen LogP contribution in [0.5, 0.6) is 5.75 Å². The van der Waals surface area contributed by atoms with Gasteiger partial charge in [0, 0.05) is 5.56 Å². The zero-order chi connectivity index (χ0) is 31.4. The van der Waals surface area contributed by atoms with Crippen molar-refractivity contribution in [2.75, 3.05) is 0 Å². The average Bonchev–Trinajstić information content (AvgIpc) is 3.00. The van der Waals surface area contributed by atoms with Crippen LogP contribution in [-0.2, 0) is 6.11 Å². The molecule has 8 heteroatoms. The van der Waals surface area contributed by atoms with Crippen molar-refractivity contribution in [1.82, 2.24) is 0 Å². The first-order chi connectivity index (χ1) is 21.1. The molecule has 0 bridgehead atoms. The minimum Gasteiger partial charge on any atom is -0.429 e. The summed E-state index contributed by atoms with van der Waals surface area (Å²) in [5.41, 5.74) is -0.0257. The Kier molecular flexibility index (Phi) is 9.14. The Labute approximate surface area is 252 Å². The second kappa shape index (κ2) is 13.0. The van der Waals surface area contributed by atoms with Crippen molar-refractivity contribution >= 4 is 0 Å². The Balaban J connectivity index is 1.28.